The fourth-order valence-electron chi connectivity index (χ4n) is 7.36. The molecule has 224 valence electrons. The minimum Gasteiger partial charge on any atom is -0.465 e. The van der Waals surface area contributed by atoms with Gasteiger partial charge in [0.15, 0.2) is 5.78 Å². The van der Waals surface area contributed by atoms with Crippen LogP contribution in [0.1, 0.15) is 47.9 Å². The van der Waals surface area contributed by atoms with Crippen LogP contribution in [0.15, 0.2) is 133 Å². The molecule has 1 N–H and O–H groups in total. The van der Waals surface area contributed by atoms with Crippen LogP contribution in [0.3, 0.4) is 0 Å². The molecule has 0 unspecified atom stereocenters. The molecule has 6 heteroatoms. The van der Waals surface area contributed by atoms with Crippen molar-refractivity contribution in [2.75, 3.05) is 13.1 Å². The Morgan fingerprint density at radius 3 is 1.84 bits per heavy atom. The zero-order chi connectivity index (χ0) is 30.9. The van der Waals surface area contributed by atoms with Crippen LogP contribution in [0.25, 0.3) is 17.3 Å². The SMILES string of the molecule is O=C(O)N1CCC2(CCC(=Cc3ccccc3-c3cn(C(c4ccccc4)(c4ccccc4)c4ccccc4)cn3)C2=O)CC1. The Hall–Kier alpha value is -5.23. The molecule has 5 aromatic rings. The van der Waals surface area contributed by atoms with E-state index < -0.39 is 17.0 Å². The molecule has 7 rings (SSSR count). The molecular weight excluding hydrogens is 558 g/mol. The van der Waals surface area contributed by atoms with Gasteiger partial charge in [0, 0.05) is 30.3 Å². The first-order valence-corrected chi connectivity index (χ1v) is 15.5. The van der Waals surface area contributed by atoms with Crippen molar-refractivity contribution in [3.05, 3.63) is 156 Å². The second kappa shape index (κ2) is 11.7. The van der Waals surface area contributed by atoms with E-state index in [1.165, 1.54) is 4.90 Å². The number of amides is 1. The first-order valence-electron chi connectivity index (χ1n) is 15.5. The van der Waals surface area contributed by atoms with Gasteiger partial charge in [0.05, 0.1) is 12.0 Å². The van der Waals surface area contributed by atoms with Gasteiger partial charge in [0.2, 0.25) is 0 Å². The summed E-state index contributed by atoms with van der Waals surface area (Å²) in [6.07, 6.45) is 7.80. The van der Waals surface area contributed by atoms with E-state index in [0.717, 1.165) is 45.5 Å². The van der Waals surface area contributed by atoms with Gasteiger partial charge in [0.1, 0.15) is 5.54 Å². The molecule has 1 saturated heterocycles. The van der Waals surface area contributed by atoms with Crippen molar-refractivity contribution in [3.8, 4) is 11.3 Å². The molecular formula is C39H35N3O3. The van der Waals surface area contributed by atoms with Gasteiger partial charge >= 0.3 is 6.09 Å². The van der Waals surface area contributed by atoms with Crippen LogP contribution in [-0.4, -0.2) is 44.5 Å². The Labute approximate surface area is 263 Å². The third kappa shape index (κ3) is 4.96. The highest BCUT2D eigenvalue weighted by atomic mass is 16.4. The molecule has 45 heavy (non-hydrogen) atoms. The number of hydrogen-bond donors (Lipinski definition) is 1. The van der Waals surface area contributed by atoms with Crippen LogP contribution in [0.5, 0.6) is 0 Å². The highest BCUT2D eigenvalue weighted by molar-refractivity contribution is 6.06. The lowest BCUT2D eigenvalue weighted by Crippen LogP contribution is -2.44. The molecule has 1 aliphatic carbocycles. The number of ketones is 1. The van der Waals surface area contributed by atoms with Crippen molar-refractivity contribution in [2.45, 2.75) is 31.2 Å². The first-order chi connectivity index (χ1) is 22.0. The van der Waals surface area contributed by atoms with Gasteiger partial charge in [-0.1, -0.05) is 115 Å². The molecule has 2 aliphatic rings. The van der Waals surface area contributed by atoms with Crippen LogP contribution in [0, 0.1) is 5.41 Å². The van der Waals surface area contributed by atoms with Gasteiger partial charge in [-0.3, -0.25) is 4.79 Å². The predicted octanol–water partition coefficient (Wildman–Crippen LogP) is 7.90. The Kier molecular flexibility index (Phi) is 7.42. The Morgan fingerprint density at radius 1 is 0.756 bits per heavy atom. The summed E-state index contributed by atoms with van der Waals surface area (Å²) in [6, 6.07) is 39.7. The molecule has 1 aromatic heterocycles. The van der Waals surface area contributed by atoms with Crippen molar-refractivity contribution in [2.24, 2.45) is 5.41 Å². The maximum absolute atomic E-state index is 13.8. The van der Waals surface area contributed by atoms with Crippen LogP contribution in [0.2, 0.25) is 0 Å². The third-order valence-corrected chi connectivity index (χ3v) is 9.75. The second-order valence-electron chi connectivity index (χ2n) is 12.1. The normalized spacial score (nSPS) is 17.2. The molecule has 1 amide bonds. The zero-order valence-electron chi connectivity index (χ0n) is 25.0. The quantitative estimate of drug-likeness (QED) is 0.160. The largest absolute Gasteiger partial charge is 0.465 e. The van der Waals surface area contributed by atoms with E-state index in [1.54, 1.807) is 0 Å². The maximum Gasteiger partial charge on any atom is 0.407 e. The second-order valence-corrected chi connectivity index (χ2v) is 12.1. The van der Waals surface area contributed by atoms with E-state index in [0.29, 0.717) is 32.4 Å². The van der Waals surface area contributed by atoms with Gasteiger partial charge < -0.3 is 14.6 Å². The number of likely N-dealkylation sites (tertiary alicyclic amines) is 1. The summed E-state index contributed by atoms with van der Waals surface area (Å²) in [5.41, 5.74) is 5.81. The number of hydrogen-bond acceptors (Lipinski definition) is 3. The van der Waals surface area contributed by atoms with E-state index in [2.05, 4.69) is 89.6 Å². The number of nitrogens with zero attached hydrogens (tertiary/aromatic N) is 3. The molecule has 4 aromatic carbocycles. The lowest BCUT2D eigenvalue weighted by Gasteiger charge is -2.37. The molecule has 6 nitrogen and oxygen atoms in total. The topological polar surface area (TPSA) is 75.4 Å². The highest BCUT2D eigenvalue weighted by Crippen LogP contribution is 2.47. The Balaban J connectivity index is 1.30. The van der Waals surface area contributed by atoms with E-state index >= 15 is 0 Å². The Morgan fingerprint density at radius 2 is 1.29 bits per heavy atom. The predicted molar refractivity (Wildman–Crippen MR) is 176 cm³/mol. The van der Waals surface area contributed by atoms with Gasteiger partial charge in [-0.25, -0.2) is 9.78 Å². The molecule has 1 spiro atoms. The van der Waals surface area contributed by atoms with Crippen molar-refractivity contribution in [1.29, 1.82) is 0 Å². The standard InChI is InChI=1S/C39H35N3O3/c43-36-30(20-21-38(36)22-24-41(25-23-38)37(44)45)26-29-12-10-11-19-34(29)35-27-42(28-40-35)39(31-13-4-1-5-14-31,32-15-6-2-7-16-32)33-17-8-3-9-18-33/h1-19,26-28H,20-25H2,(H,44,45). The molecule has 0 bridgehead atoms. The van der Waals surface area contributed by atoms with E-state index in [4.69, 9.17) is 4.98 Å². The van der Waals surface area contributed by atoms with Crippen molar-refractivity contribution in [1.82, 2.24) is 14.5 Å². The average molecular weight is 594 g/mol. The summed E-state index contributed by atoms with van der Waals surface area (Å²) in [6.45, 7) is 0.822. The van der Waals surface area contributed by atoms with Crippen LogP contribution < -0.4 is 0 Å². The minimum atomic E-state index is -0.907. The van der Waals surface area contributed by atoms with Gasteiger partial charge in [-0.05, 0) is 59.6 Å². The number of Topliss-reactive ketones (excluding diaryl/α,β-unsaturated/α-hetero) is 1. The van der Waals surface area contributed by atoms with Crippen molar-refractivity contribution in [3.63, 3.8) is 0 Å². The number of aromatic nitrogens is 2. The number of benzene rings is 4. The summed E-state index contributed by atoms with van der Waals surface area (Å²) >= 11 is 0. The fourth-order valence-corrected chi connectivity index (χ4v) is 7.36. The lowest BCUT2D eigenvalue weighted by molar-refractivity contribution is -0.125. The smallest absolute Gasteiger partial charge is 0.407 e. The monoisotopic (exact) mass is 593 g/mol. The molecule has 1 saturated carbocycles. The number of carbonyl (C=O) groups excluding carboxylic acids is 1. The lowest BCUT2D eigenvalue weighted by atomic mass is 9.76. The number of allylic oxidation sites excluding steroid dienone is 1. The van der Waals surface area contributed by atoms with Crippen molar-refractivity contribution >= 4 is 18.0 Å². The zero-order valence-corrected chi connectivity index (χ0v) is 25.0. The summed E-state index contributed by atoms with van der Waals surface area (Å²) in [4.78, 5) is 31.6. The summed E-state index contributed by atoms with van der Waals surface area (Å²) < 4.78 is 2.21. The molecule has 1 aliphatic heterocycles. The van der Waals surface area contributed by atoms with E-state index in [9.17, 15) is 14.7 Å². The maximum atomic E-state index is 13.8. The summed E-state index contributed by atoms with van der Waals surface area (Å²) in [5, 5.41) is 9.39. The van der Waals surface area contributed by atoms with Crippen LogP contribution >= 0.6 is 0 Å². The van der Waals surface area contributed by atoms with E-state index in [-0.39, 0.29) is 5.78 Å². The number of carbonyl (C=O) groups is 2. The molecule has 2 heterocycles. The molecule has 0 atom stereocenters. The van der Waals surface area contributed by atoms with Crippen LogP contribution in [-0.2, 0) is 10.3 Å². The third-order valence-electron chi connectivity index (χ3n) is 9.75. The van der Waals surface area contributed by atoms with Crippen molar-refractivity contribution < 1.29 is 14.7 Å². The van der Waals surface area contributed by atoms with Gasteiger partial charge in [-0.2, -0.15) is 0 Å². The molecule has 0 radical (unpaired) electrons. The molecule has 2 fully saturated rings. The first kappa shape index (κ1) is 28.5. The highest BCUT2D eigenvalue weighted by Gasteiger charge is 2.47. The number of carboxylic acid groups (broad SMARTS) is 1. The van der Waals surface area contributed by atoms with Crippen LogP contribution in [0.4, 0.5) is 4.79 Å². The van der Waals surface area contributed by atoms with Gasteiger partial charge in [0.25, 0.3) is 0 Å². The number of rotatable bonds is 6. The summed E-state index contributed by atoms with van der Waals surface area (Å²) in [5.74, 6) is 0.170. The van der Waals surface area contributed by atoms with E-state index in [1.807, 2.05) is 48.8 Å². The average Bonchev–Trinajstić information content (AvgIpc) is 3.69. The number of piperidine rings is 1. The number of imidazole rings is 1. The Bertz CT molecular complexity index is 1760. The minimum absolute atomic E-state index is 0.170. The van der Waals surface area contributed by atoms with Gasteiger partial charge in [-0.15, -0.1) is 0 Å². The summed E-state index contributed by atoms with van der Waals surface area (Å²) in [7, 11) is 0. The fraction of sp³-hybridized carbons (Fsp3) is 0.205.